The van der Waals surface area contributed by atoms with Crippen LogP contribution >= 0.6 is 0 Å². The van der Waals surface area contributed by atoms with E-state index < -0.39 is 6.36 Å². The molecule has 0 aliphatic carbocycles. The summed E-state index contributed by atoms with van der Waals surface area (Å²) >= 11 is 0. The quantitative estimate of drug-likeness (QED) is 0.696. The Balaban J connectivity index is 1.49. The van der Waals surface area contributed by atoms with Crippen LogP contribution in [-0.4, -0.2) is 51.0 Å². The number of rotatable bonds is 5. The van der Waals surface area contributed by atoms with Gasteiger partial charge in [0, 0.05) is 18.9 Å². The summed E-state index contributed by atoms with van der Waals surface area (Å²) in [5.74, 6) is 1.33. The first-order chi connectivity index (χ1) is 13.5. The lowest BCUT2D eigenvalue weighted by Gasteiger charge is -2.33. The fourth-order valence-corrected chi connectivity index (χ4v) is 3.14. The second-order valence-electron chi connectivity index (χ2n) is 6.35. The van der Waals surface area contributed by atoms with Gasteiger partial charge in [-0.05, 0) is 29.8 Å². The second-order valence-corrected chi connectivity index (χ2v) is 6.35. The molecule has 3 heterocycles. The Morgan fingerprint density at radius 1 is 1.21 bits per heavy atom. The number of alkyl halides is 3. The van der Waals surface area contributed by atoms with Crippen LogP contribution in [-0.2, 0) is 11.3 Å². The molecule has 2 N–H and O–H groups in total. The highest BCUT2D eigenvalue weighted by molar-refractivity contribution is 5.59. The van der Waals surface area contributed by atoms with E-state index in [2.05, 4.69) is 29.6 Å². The number of aromatic nitrogens is 4. The average Bonchev–Trinajstić information content (AvgIpc) is 3.34. The first-order valence-corrected chi connectivity index (χ1v) is 8.69. The van der Waals surface area contributed by atoms with Crippen molar-refractivity contribution in [2.75, 3.05) is 19.8 Å². The van der Waals surface area contributed by atoms with Crippen molar-refractivity contribution in [3.63, 3.8) is 0 Å². The first-order valence-electron chi connectivity index (χ1n) is 8.69. The normalized spacial score (nSPS) is 18.3. The van der Waals surface area contributed by atoms with Crippen molar-refractivity contribution in [1.82, 2.24) is 24.8 Å². The number of hydrogen-bond acceptors (Lipinski definition) is 5. The largest absolute Gasteiger partial charge is 0.573 e. The number of ether oxygens (including phenoxy) is 2. The van der Waals surface area contributed by atoms with Crippen molar-refractivity contribution >= 4 is 0 Å². The summed E-state index contributed by atoms with van der Waals surface area (Å²) in [6.07, 6.45) is 0.444. The van der Waals surface area contributed by atoms with Gasteiger partial charge in [0.15, 0.2) is 0 Å². The standard InChI is InChI=1S/C18H18F3N5O2/c19-18(20,21)28-13-3-1-12(2-4-13)14-9-24-17(25-14)15-11-27-8-7-26(15)10-16-22-5-6-23-16/h1-6,9,15H,7-8,10-11H2,(H,22,23)(H,24,25). The topological polar surface area (TPSA) is 79.1 Å². The number of benzene rings is 1. The minimum atomic E-state index is -4.71. The van der Waals surface area contributed by atoms with E-state index in [-0.39, 0.29) is 11.8 Å². The Hall–Kier alpha value is -2.85. The van der Waals surface area contributed by atoms with E-state index in [0.29, 0.717) is 31.0 Å². The average molecular weight is 393 g/mol. The molecular formula is C18H18F3N5O2. The van der Waals surface area contributed by atoms with Crippen molar-refractivity contribution in [1.29, 1.82) is 0 Å². The van der Waals surface area contributed by atoms with Crippen molar-refractivity contribution < 1.29 is 22.6 Å². The Labute approximate surface area is 158 Å². The summed E-state index contributed by atoms with van der Waals surface area (Å²) in [7, 11) is 0. The Morgan fingerprint density at radius 3 is 2.75 bits per heavy atom. The molecule has 0 saturated carbocycles. The summed E-state index contributed by atoms with van der Waals surface area (Å²) in [5.41, 5.74) is 1.42. The number of morpholine rings is 1. The number of nitrogens with zero attached hydrogens (tertiary/aromatic N) is 3. The molecule has 148 valence electrons. The number of aromatic amines is 2. The third-order valence-corrected chi connectivity index (χ3v) is 4.46. The minimum Gasteiger partial charge on any atom is -0.406 e. The Kier molecular flexibility index (Phi) is 5.05. The van der Waals surface area contributed by atoms with Gasteiger partial charge in [0.2, 0.25) is 0 Å². The van der Waals surface area contributed by atoms with Crippen molar-refractivity contribution in [2.24, 2.45) is 0 Å². The molecule has 28 heavy (non-hydrogen) atoms. The van der Waals surface area contributed by atoms with Gasteiger partial charge in [-0.3, -0.25) is 4.90 Å². The van der Waals surface area contributed by atoms with Crippen LogP contribution in [0, 0.1) is 0 Å². The number of imidazole rings is 2. The maximum Gasteiger partial charge on any atom is 0.573 e. The van der Waals surface area contributed by atoms with Crippen LogP contribution in [0.2, 0.25) is 0 Å². The zero-order chi connectivity index (χ0) is 19.6. The zero-order valence-corrected chi connectivity index (χ0v) is 14.7. The SMILES string of the molecule is FC(F)(F)Oc1ccc(-c2cnc(C3COCCN3Cc3ncc[nH]3)[nH]2)cc1. The number of hydrogen-bond donors (Lipinski definition) is 2. The molecule has 7 nitrogen and oxygen atoms in total. The smallest absolute Gasteiger partial charge is 0.406 e. The lowest BCUT2D eigenvalue weighted by Crippen LogP contribution is -2.39. The highest BCUT2D eigenvalue weighted by Gasteiger charge is 2.31. The van der Waals surface area contributed by atoms with Gasteiger partial charge in [-0.1, -0.05) is 0 Å². The molecule has 2 aromatic heterocycles. The fraction of sp³-hybridized carbons (Fsp3) is 0.333. The molecule has 4 rings (SSSR count). The third kappa shape index (κ3) is 4.34. The predicted octanol–water partition coefficient (Wildman–Crippen LogP) is 3.27. The molecule has 0 radical (unpaired) electrons. The predicted molar refractivity (Wildman–Crippen MR) is 93.3 cm³/mol. The highest BCUT2D eigenvalue weighted by Crippen LogP contribution is 2.28. The molecule has 10 heteroatoms. The van der Waals surface area contributed by atoms with Crippen molar-refractivity contribution in [2.45, 2.75) is 18.9 Å². The molecule has 1 unspecified atom stereocenters. The molecular weight excluding hydrogens is 375 g/mol. The van der Waals surface area contributed by atoms with Gasteiger partial charge in [-0.25, -0.2) is 9.97 Å². The molecule has 3 aromatic rings. The maximum atomic E-state index is 12.3. The van der Waals surface area contributed by atoms with E-state index in [1.807, 2.05) is 0 Å². The van der Waals surface area contributed by atoms with E-state index in [1.165, 1.54) is 12.1 Å². The lowest BCUT2D eigenvalue weighted by atomic mass is 10.1. The summed E-state index contributed by atoms with van der Waals surface area (Å²) in [6.45, 7) is 2.50. The van der Waals surface area contributed by atoms with Gasteiger partial charge in [0.05, 0.1) is 37.7 Å². The number of halogens is 3. The maximum absolute atomic E-state index is 12.3. The van der Waals surface area contributed by atoms with Gasteiger partial charge >= 0.3 is 6.36 Å². The van der Waals surface area contributed by atoms with E-state index in [1.54, 1.807) is 30.7 Å². The lowest BCUT2D eigenvalue weighted by molar-refractivity contribution is -0.274. The molecule has 1 aliphatic heterocycles. The Morgan fingerprint density at radius 2 is 2.04 bits per heavy atom. The van der Waals surface area contributed by atoms with Crippen LogP contribution in [0.15, 0.2) is 42.9 Å². The first kappa shape index (κ1) is 18.5. The van der Waals surface area contributed by atoms with Crippen molar-refractivity contribution in [3.8, 4) is 17.0 Å². The van der Waals surface area contributed by atoms with E-state index in [9.17, 15) is 13.2 Å². The molecule has 1 fully saturated rings. The highest BCUT2D eigenvalue weighted by atomic mass is 19.4. The van der Waals surface area contributed by atoms with Gasteiger partial charge in [0.1, 0.15) is 17.4 Å². The molecule has 0 spiro atoms. The molecule has 1 aromatic carbocycles. The summed E-state index contributed by atoms with van der Waals surface area (Å²) < 4.78 is 46.4. The van der Waals surface area contributed by atoms with Crippen LogP contribution in [0.5, 0.6) is 5.75 Å². The van der Waals surface area contributed by atoms with Crippen LogP contribution in [0.4, 0.5) is 13.2 Å². The summed E-state index contributed by atoms with van der Waals surface area (Å²) in [4.78, 5) is 17.3. The monoisotopic (exact) mass is 393 g/mol. The Bertz CT molecular complexity index is 893. The molecule has 1 atom stereocenters. The van der Waals surface area contributed by atoms with Crippen LogP contribution in [0.3, 0.4) is 0 Å². The van der Waals surface area contributed by atoms with E-state index in [4.69, 9.17) is 4.74 Å². The molecule has 1 saturated heterocycles. The van der Waals surface area contributed by atoms with Crippen molar-refractivity contribution in [3.05, 3.63) is 54.5 Å². The van der Waals surface area contributed by atoms with Crippen LogP contribution < -0.4 is 4.74 Å². The molecule has 1 aliphatic rings. The zero-order valence-electron chi connectivity index (χ0n) is 14.7. The van der Waals surface area contributed by atoms with Gasteiger partial charge in [-0.2, -0.15) is 0 Å². The minimum absolute atomic E-state index is 0.0690. The van der Waals surface area contributed by atoms with Gasteiger partial charge in [0.25, 0.3) is 0 Å². The van der Waals surface area contributed by atoms with Crippen LogP contribution in [0.25, 0.3) is 11.3 Å². The van der Waals surface area contributed by atoms with Gasteiger partial charge in [-0.15, -0.1) is 13.2 Å². The summed E-state index contributed by atoms with van der Waals surface area (Å²) in [6, 6.07) is 5.58. The number of nitrogens with one attached hydrogen (secondary N) is 2. The van der Waals surface area contributed by atoms with E-state index >= 15 is 0 Å². The fourth-order valence-electron chi connectivity index (χ4n) is 3.14. The summed E-state index contributed by atoms with van der Waals surface area (Å²) in [5, 5.41) is 0. The van der Waals surface area contributed by atoms with Crippen LogP contribution in [0.1, 0.15) is 17.7 Å². The number of H-pyrrole nitrogens is 2. The second kappa shape index (κ2) is 7.64. The molecule has 0 amide bonds. The third-order valence-electron chi connectivity index (χ3n) is 4.46. The van der Waals surface area contributed by atoms with E-state index in [0.717, 1.165) is 18.2 Å². The molecule has 0 bridgehead atoms. The van der Waals surface area contributed by atoms with Gasteiger partial charge < -0.3 is 19.4 Å².